The lowest BCUT2D eigenvalue weighted by Gasteiger charge is -2.43. The van der Waals surface area contributed by atoms with Gasteiger partial charge in [0.15, 0.2) is 6.20 Å². The molecule has 2 heteroatoms. The second kappa shape index (κ2) is 7.80. The predicted molar refractivity (Wildman–Crippen MR) is 151 cm³/mol. The van der Waals surface area contributed by atoms with Crippen LogP contribution in [0.1, 0.15) is 66.9 Å². The molecule has 6 rings (SSSR count). The summed E-state index contributed by atoms with van der Waals surface area (Å²) in [5.74, 6) is 0. The summed E-state index contributed by atoms with van der Waals surface area (Å²) in [5, 5.41) is 2.33. The van der Waals surface area contributed by atoms with Gasteiger partial charge in [-0.2, -0.15) is 0 Å². The number of para-hydroxylation sites is 1. The Kier molecular flexibility index (Phi) is 4.28. The number of nitrogens with zero attached hydrogens (tertiary/aromatic N) is 1. The van der Waals surface area contributed by atoms with Crippen molar-refractivity contribution in [2.75, 3.05) is 0 Å². The van der Waals surface area contributed by atoms with Gasteiger partial charge in [-0.15, -0.1) is 0 Å². The van der Waals surface area contributed by atoms with E-state index in [2.05, 4.69) is 58.9 Å². The highest BCUT2D eigenvalue weighted by Gasteiger charge is 2.42. The molecule has 0 atom stereocenters. The third kappa shape index (κ3) is 3.27. The van der Waals surface area contributed by atoms with E-state index in [1.807, 2.05) is 48.0 Å². The first-order chi connectivity index (χ1) is 18.3. The largest absolute Gasteiger partial charge is 0.455 e. The van der Waals surface area contributed by atoms with Crippen molar-refractivity contribution in [3.63, 3.8) is 0 Å². The highest BCUT2D eigenvalue weighted by atomic mass is 16.3. The number of benzene rings is 3. The predicted octanol–water partition coefficient (Wildman–Crippen LogP) is 8.71. The average Bonchev–Trinajstić information content (AvgIpc) is 3.25. The molecule has 0 unspecified atom stereocenters. The Morgan fingerprint density at radius 3 is 2.28 bits per heavy atom. The zero-order valence-corrected chi connectivity index (χ0v) is 22.1. The van der Waals surface area contributed by atoms with E-state index >= 15 is 0 Å². The van der Waals surface area contributed by atoms with Crippen LogP contribution in [0.4, 0.5) is 0 Å². The number of fused-ring (bicyclic) bond motifs is 5. The molecule has 2 nitrogen and oxygen atoms in total. The standard InChI is InChI=1S/C34H36NO/c1-21-20-35(7)26(19-25(21)23-13-9-8-10-14-23)28-22(2)30-31(34(5,6)18-17-33(30,3)4)29-24-15-11-12-16-27(24)36-32(28)29/h8-16,19-20H,17-18H2,1-7H3/q+1/i1D3. The molecule has 0 bridgehead atoms. The van der Waals surface area contributed by atoms with Crippen LogP contribution in [0.15, 0.2) is 71.3 Å². The van der Waals surface area contributed by atoms with Gasteiger partial charge in [0.1, 0.15) is 18.2 Å². The Labute approximate surface area is 218 Å². The van der Waals surface area contributed by atoms with Crippen molar-refractivity contribution in [3.8, 4) is 22.4 Å². The summed E-state index contributed by atoms with van der Waals surface area (Å²) in [5.41, 5.74) is 9.72. The van der Waals surface area contributed by atoms with Gasteiger partial charge in [-0.25, -0.2) is 4.57 Å². The van der Waals surface area contributed by atoms with E-state index in [1.54, 1.807) is 6.20 Å². The summed E-state index contributed by atoms with van der Waals surface area (Å²) < 4.78 is 33.6. The van der Waals surface area contributed by atoms with Crippen LogP contribution >= 0.6 is 0 Å². The molecule has 5 aromatic rings. The van der Waals surface area contributed by atoms with E-state index in [-0.39, 0.29) is 10.8 Å². The Hall–Kier alpha value is -3.39. The van der Waals surface area contributed by atoms with Crippen molar-refractivity contribution in [3.05, 3.63) is 89.1 Å². The van der Waals surface area contributed by atoms with Gasteiger partial charge < -0.3 is 4.42 Å². The minimum absolute atomic E-state index is 0.00153. The first-order valence-electron chi connectivity index (χ1n) is 14.4. The number of pyridine rings is 1. The lowest BCUT2D eigenvalue weighted by molar-refractivity contribution is -0.660. The maximum atomic E-state index is 8.30. The molecule has 36 heavy (non-hydrogen) atoms. The van der Waals surface area contributed by atoms with Crippen molar-refractivity contribution in [2.45, 2.75) is 65.1 Å². The first-order valence-corrected chi connectivity index (χ1v) is 12.9. The lowest BCUT2D eigenvalue weighted by Crippen LogP contribution is -2.36. The quantitative estimate of drug-likeness (QED) is 0.232. The SMILES string of the molecule is [2H]C([2H])([2H])c1c[n+](C)c(-c2c(C)c3c(c4c2oc2ccccc24)C(C)(C)CCC3(C)C)cc1-c1ccccc1. The molecule has 0 aliphatic heterocycles. The van der Waals surface area contributed by atoms with Gasteiger partial charge >= 0.3 is 0 Å². The molecule has 2 heterocycles. The maximum absolute atomic E-state index is 8.30. The Morgan fingerprint density at radius 1 is 0.889 bits per heavy atom. The van der Waals surface area contributed by atoms with Gasteiger partial charge in [-0.05, 0) is 71.3 Å². The number of hydrogen-bond acceptors (Lipinski definition) is 1. The van der Waals surface area contributed by atoms with E-state index < -0.39 is 6.85 Å². The average molecular weight is 478 g/mol. The molecule has 2 aromatic heterocycles. The minimum Gasteiger partial charge on any atom is -0.455 e. The molecular weight excluding hydrogens is 438 g/mol. The van der Waals surface area contributed by atoms with Crippen molar-refractivity contribution >= 4 is 21.9 Å². The fourth-order valence-electron chi connectivity index (χ4n) is 6.54. The van der Waals surface area contributed by atoms with Gasteiger partial charge in [0.05, 0.1) is 5.56 Å². The summed E-state index contributed by atoms with van der Waals surface area (Å²) >= 11 is 0. The van der Waals surface area contributed by atoms with Gasteiger partial charge in [0.2, 0.25) is 5.69 Å². The van der Waals surface area contributed by atoms with Gasteiger partial charge in [0.25, 0.3) is 0 Å². The zero-order valence-electron chi connectivity index (χ0n) is 25.1. The third-order valence-corrected chi connectivity index (χ3v) is 8.42. The number of aryl methyl sites for hydroxylation is 2. The summed E-state index contributed by atoms with van der Waals surface area (Å²) in [7, 11) is 1.95. The van der Waals surface area contributed by atoms with Gasteiger partial charge in [-0.3, -0.25) is 0 Å². The van der Waals surface area contributed by atoms with E-state index in [1.165, 1.54) is 22.1 Å². The monoisotopic (exact) mass is 477 g/mol. The summed E-state index contributed by atoms with van der Waals surface area (Å²) in [6.07, 6.45) is 4.00. The van der Waals surface area contributed by atoms with Crippen LogP contribution < -0.4 is 4.57 Å². The van der Waals surface area contributed by atoms with E-state index in [4.69, 9.17) is 8.53 Å². The lowest BCUT2D eigenvalue weighted by atomic mass is 9.60. The zero-order chi connectivity index (χ0) is 27.9. The number of furan rings is 1. The molecule has 1 aliphatic carbocycles. The number of aromatic nitrogens is 1. The molecule has 1 aliphatic rings. The molecule has 3 aromatic carbocycles. The maximum Gasteiger partial charge on any atom is 0.216 e. The smallest absolute Gasteiger partial charge is 0.216 e. The highest BCUT2D eigenvalue weighted by Crippen LogP contribution is 2.54. The second-order valence-corrected chi connectivity index (χ2v) is 11.8. The van der Waals surface area contributed by atoms with E-state index in [0.717, 1.165) is 51.8 Å². The van der Waals surface area contributed by atoms with Crippen LogP contribution in [0, 0.1) is 13.8 Å². The second-order valence-electron chi connectivity index (χ2n) is 11.8. The van der Waals surface area contributed by atoms with Crippen LogP contribution in [0.25, 0.3) is 44.3 Å². The Morgan fingerprint density at radius 2 is 1.56 bits per heavy atom. The van der Waals surface area contributed by atoms with Crippen LogP contribution in [-0.2, 0) is 17.9 Å². The molecule has 0 saturated carbocycles. The highest BCUT2D eigenvalue weighted by molar-refractivity contribution is 6.13. The molecular formula is C34H36NO+. The van der Waals surface area contributed by atoms with Gasteiger partial charge in [-0.1, -0.05) is 76.2 Å². The molecule has 0 spiro atoms. The summed E-state index contributed by atoms with van der Waals surface area (Å²) in [6.45, 7) is 9.43. The molecule has 182 valence electrons. The summed E-state index contributed by atoms with van der Waals surface area (Å²) in [6, 6.07) is 20.2. The van der Waals surface area contributed by atoms with Crippen LogP contribution in [0.2, 0.25) is 0 Å². The third-order valence-electron chi connectivity index (χ3n) is 8.42. The summed E-state index contributed by atoms with van der Waals surface area (Å²) in [4.78, 5) is 0. The van der Waals surface area contributed by atoms with Crippen molar-refractivity contribution in [1.29, 1.82) is 0 Å². The fraction of sp³-hybridized carbons (Fsp3) is 0.324. The normalized spacial score (nSPS) is 18.0. The van der Waals surface area contributed by atoms with Gasteiger partial charge in [0, 0.05) is 26.5 Å². The topological polar surface area (TPSA) is 17.0 Å². The number of hydrogen-bond donors (Lipinski definition) is 0. The minimum atomic E-state index is -2.24. The molecule has 0 radical (unpaired) electrons. The van der Waals surface area contributed by atoms with E-state index in [0.29, 0.717) is 5.56 Å². The Balaban J connectivity index is 1.81. The van der Waals surface area contributed by atoms with Crippen LogP contribution in [0.5, 0.6) is 0 Å². The van der Waals surface area contributed by atoms with Crippen molar-refractivity contribution < 1.29 is 13.1 Å². The molecule has 0 amide bonds. The molecule has 0 fully saturated rings. The first kappa shape index (κ1) is 19.8. The van der Waals surface area contributed by atoms with Crippen molar-refractivity contribution in [1.82, 2.24) is 0 Å². The fourth-order valence-corrected chi connectivity index (χ4v) is 6.54. The van der Waals surface area contributed by atoms with Crippen LogP contribution in [-0.4, -0.2) is 0 Å². The Bertz CT molecular complexity index is 1760. The molecule has 0 saturated heterocycles. The van der Waals surface area contributed by atoms with E-state index in [9.17, 15) is 0 Å². The molecule has 0 N–H and O–H groups in total. The number of rotatable bonds is 2. The van der Waals surface area contributed by atoms with Crippen molar-refractivity contribution in [2.24, 2.45) is 7.05 Å². The van der Waals surface area contributed by atoms with Crippen LogP contribution in [0.3, 0.4) is 0 Å².